The van der Waals surface area contributed by atoms with Crippen molar-refractivity contribution in [3.63, 3.8) is 0 Å². The summed E-state index contributed by atoms with van der Waals surface area (Å²) in [5, 5.41) is 10.3. The first kappa shape index (κ1) is 21.9. The predicted octanol–water partition coefficient (Wildman–Crippen LogP) is 2.93. The summed E-state index contributed by atoms with van der Waals surface area (Å²) >= 11 is 0. The van der Waals surface area contributed by atoms with E-state index in [0.717, 1.165) is 12.8 Å². The lowest BCUT2D eigenvalue weighted by molar-refractivity contribution is -0.136. The molecule has 2 bridgehead atoms. The molecule has 1 aromatic rings. The Morgan fingerprint density at radius 3 is 2.40 bits per heavy atom. The van der Waals surface area contributed by atoms with E-state index in [0.29, 0.717) is 34.9 Å². The maximum absolute atomic E-state index is 13.3. The van der Waals surface area contributed by atoms with Crippen molar-refractivity contribution in [2.75, 3.05) is 20.2 Å². The lowest BCUT2D eigenvalue weighted by Crippen LogP contribution is -2.53. The highest BCUT2D eigenvalue weighted by Gasteiger charge is 2.65. The van der Waals surface area contributed by atoms with Gasteiger partial charge in [0.25, 0.3) is 10.2 Å². The van der Waals surface area contributed by atoms with Crippen molar-refractivity contribution in [3.8, 4) is 5.75 Å². The van der Waals surface area contributed by atoms with Gasteiger partial charge < -0.3 is 9.84 Å². The third-order valence-corrected chi connectivity index (χ3v) is 8.96. The van der Waals surface area contributed by atoms with Gasteiger partial charge in [-0.15, -0.1) is 0 Å². The lowest BCUT2D eigenvalue weighted by atomic mass is 9.78. The zero-order valence-electron chi connectivity index (χ0n) is 16.8. The van der Waals surface area contributed by atoms with Crippen molar-refractivity contribution in [2.24, 2.45) is 11.8 Å². The van der Waals surface area contributed by atoms with Gasteiger partial charge in [-0.3, -0.25) is 0 Å². The number of hydrogen-bond acceptors (Lipinski definition) is 4. The van der Waals surface area contributed by atoms with Crippen LogP contribution in [0.3, 0.4) is 0 Å². The molecule has 2 saturated carbocycles. The quantitative estimate of drug-likeness (QED) is 0.769. The minimum atomic E-state index is -4.62. The topological polar surface area (TPSA) is 70.1 Å². The van der Waals surface area contributed by atoms with Crippen molar-refractivity contribution < 1.29 is 31.4 Å². The monoisotopic (exact) mass is 448 g/mol. The largest absolute Gasteiger partial charge is 0.497 e. The Kier molecular flexibility index (Phi) is 5.57. The van der Waals surface area contributed by atoms with E-state index in [2.05, 4.69) is 0 Å². The van der Waals surface area contributed by atoms with Gasteiger partial charge in [-0.25, -0.2) is 0 Å². The Morgan fingerprint density at radius 2 is 1.77 bits per heavy atom. The molecule has 0 radical (unpaired) electrons. The average molecular weight is 449 g/mol. The number of halogens is 3. The van der Waals surface area contributed by atoms with Crippen molar-refractivity contribution in [2.45, 2.75) is 56.5 Å². The van der Waals surface area contributed by atoms with E-state index in [1.807, 2.05) is 0 Å². The summed E-state index contributed by atoms with van der Waals surface area (Å²) in [5.41, 5.74) is -0.224. The minimum Gasteiger partial charge on any atom is -0.497 e. The van der Waals surface area contributed by atoms with E-state index in [1.165, 1.54) is 11.4 Å². The van der Waals surface area contributed by atoms with Gasteiger partial charge in [0, 0.05) is 13.1 Å². The number of aliphatic hydroxyl groups excluding tert-OH is 1. The second-order valence-corrected chi connectivity index (χ2v) is 10.5. The van der Waals surface area contributed by atoms with Crippen molar-refractivity contribution >= 4 is 10.2 Å². The first-order valence-corrected chi connectivity index (χ1v) is 11.6. The summed E-state index contributed by atoms with van der Waals surface area (Å²) < 4.78 is 73.4. The molecule has 1 saturated heterocycles. The molecule has 168 valence electrons. The second kappa shape index (κ2) is 7.65. The Morgan fingerprint density at radius 1 is 1.13 bits per heavy atom. The fraction of sp³-hybridized carbons (Fsp3) is 0.700. The molecule has 4 unspecified atom stereocenters. The molecule has 6 nitrogen and oxygen atoms in total. The number of hydrogen-bond donors (Lipinski definition) is 1. The van der Waals surface area contributed by atoms with E-state index in [9.17, 15) is 26.7 Å². The smallest absolute Gasteiger partial charge is 0.402 e. The molecular formula is C20H27F3N2O4S. The number of rotatable bonds is 4. The zero-order chi connectivity index (χ0) is 21.7. The highest BCUT2D eigenvalue weighted by atomic mass is 32.2. The summed E-state index contributed by atoms with van der Waals surface area (Å²) in [5.74, 6) is 0.395. The van der Waals surface area contributed by atoms with Crippen LogP contribution in [0, 0.1) is 11.8 Å². The summed E-state index contributed by atoms with van der Waals surface area (Å²) in [6, 6.07) is 6.90. The molecule has 30 heavy (non-hydrogen) atoms. The fourth-order valence-electron chi connectivity index (χ4n) is 5.72. The molecule has 3 aliphatic rings. The van der Waals surface area contributed by atoms with Gasteiger partial charge in [0.1, 0.15) is 12.3 Å². The van der Waals surface area contributed by atoms with Gasteiger partial charge in [-0.2, -0.15) is 30.2 Å². The van der Waals surface area contributed by atoms with Crippen LogP contribution in [0.15, 0.2) is 24.3 Å². The van der Waals surface area contributed by atoms with Crippen LogP contribution in [0.5, 0.6) is 5.75 Å². The molecule has 3 fully saturated rings. The van der Waals surface area contributed by atoms with Crippen molar-refractivity contribution in [3.05, 3.63) is 29.8 Å². The normalized spacial score (nSPS) is 34.4. The third-order valence-electron chi connectivity index (χ3n) is 7.02. The van der Waals surface area contributed by atoms with Gasteiger partial charge in [-0.1, -0.05) is 12.1 Å². The van der Waals surface area contributed by atoms with Crippen LogP contribution < -0.4 is 4.74 Å². The fourth-order valence-corrected chi connectivity index (χ4v) is 7.77. The Balaban J connectivity index is 1.75. The molecule has 2 aliphatic carbocycles. The predicted molar refractivity (Wildman–Crippen MR) is 104 cm³/mol. The van der Waals surface area contributed by atoms with E-state index in [4.69, 9.17) is 4.74 Å². The molecule has 1 aromatic carbocycles. The van der Waals surface area contributed by atoms with Crippen molar-refractivity contribution in [1.29, 1.82) is 0 Å². The van der Waals surface area contributed by atoms with Gasteiger partial charge in [0.2, 0.25) is 0 Å². The SMILES string of the molecule is COc1ccc(CN2C3(CN(CC(F)(F)F)S2(=O)=O)C2CCC(O)CC3CC2)cc1. The number of benzene rings is 1. The van der Waals surface area contributed by atoms with Gasteiger partial charge >= 0.3 is 6.18 Å². The Labute approximate surface area is 174 Å². The summed E-state index contributed by atoms with van der Waals surface area (Å²) in [4.78, 5) is 0. The average Bonchev–Trinajstić information content (AvgIpc) is 3.03. The van der Waals surface area contributed by atoms with E-state index in [-0.39, 0.29) is 24.9 Å². The summed E-state index contributed by atoms with van der Waals surface area (Å²) in [7, 11) is -2.78. The van der Waals surface area contributed by atoms with Crippen LogP contribution in [0.4, 0.5) is 13.2 Å². The Bertz CT molecular complexity index is 877. The molecule has 0 amide bonds. The number of ether oxygens (including phenoxy) is 1. The highest BCUT2D eigenvalue weighted by molar-refractivity contribution is 7.87. The molecular weight excluding hydrogens is 421 g/mol. The van der Waals surface area contributed by atoms with E-state index < -0.39 is 34.6 Å². The van der Waals surface area contributed by atoms with Crippen LogP contribution >= 0.6 is 0 Å². The third kappa shape index (κ3) is 3.72. The molecule has 1 heterocycles. The molecule has 1 spiro atoms. The van der Waals surface area contributed by atoms with Crippen LogP contribution in [-0.2, 0) is 16.8 Å². The molecule has 1 N–H and O–H groups in total. The van der Waals surface area contributed by atoms with E-state index in [1.54, 1.807) is 24.3 Å². The number of nitrogens with zero attached hydrogens (tertiary/aromatic N) is 2. The van der Waals surface area contributed by atoms with Gasteiger partial charge in [0.05, 0.1) is 18.8 Å². The number of methoxy groups -OCH3 is 1. The Hall–Kier alpha value is -1.36. The standard InChI is InChI=1S/C20H27F3N2O4S/c1-29-18-8-2-14(3-9-18)11-25-19(12-24(30(25,27)28)13-20(21,22)23)15-4-5-16(19)10-17(26)7-6-15/h2-3,8-9,15-17,26H,4-7,10-13H2,1H3. The van der Waals surface area contributed by atoms with E-state index >= 15 is 0 Å². The zero-order valence-corrected chi connectivity index (χ0v) is 17.6. The molecule has 4 atom stereocenters. The number of alkyl halides is 3. The molecule has 4 rings (SSSR count). The minimum absolute atomic E-state index is 0.00375. The number of aliphatic hydroxyl groups is 1. The van der Waals surface area contributed by atoms with Crippen LogP contribution in [-0.4, -0.2) is 60.2 Å². The van der Waals surface area contributed by atoms with Crippen LogP contribution in [0.25, 0.3) is 0 Å². The van der Waals surface area contributed by atoms with Crippen molar-refractivity contribution in [1.82, 2.24) is 8.61 Å². The summed E-state index contributed by atoms with van der Waals surface area (Å²) in [6.07, 6.45) is -2.08. The molecule has 0 aromatic heterocycles. The van der Waals surface area contributed by atoms with Gasteiger partial charge in [0.15, 0.2) is 0 Å². The maximum Gasteiger partial charge on any atom is 0.402 e. The van der Waals surface area contributed by atoms with Gasteiger partial charge in [-0.05, 0) is 61.6 Å². The van der Waals surface area contributed by atoms with Crippen LogP contribution in [0.1, 0.15) is 37.7 Å². The maximum atomic E-state index is 13.3. The first-order valence-electron chi connectivity index (χ1n) is 10.2. The lowest BCUT2D eigenvalue weighted by Gasteiger charge is -2.41. The first-order chi connectivity index (χ1) is 14.1. The highest BCUT2D eigenvalue weighted by Crippen LogP contribution is 2.56. The second-order valence-electron chi connectivity index (χ2n) is 8.68. The molecule has 10 heteroatoms. The summed E-state index contributed by atoms with van der Waals surface area (Å²) in [6.45, 7) is -1.66. The molecule has 1 aliphatic heterocycles. The van der Waals surface area contributed by atoms with Crippen LogP contribution in [0.2, 0.25) is 0 Å².